The molecule has 2 rings (SSSR count). The molecule has 1 saturated heterocycles. The van der Waals surface area contributed by atoms with E-state index in [9.17, 15) is 4.79 Å². The maximum absolute atomic E-state index is 12.0. The third-order valence-electron chi connectivity index (χ3n) is 2.90. The van der Waals surface area contributed by atoms with E-state index < -0.39 is 0 Å². The van der Waals surface area contributed by atoms with Gasteiger partial charge in [0.2, 0.25) is 5.91 Å². The second-order valence-corrected chi connectivity index (χ2v) is 6.26. The summed E-state index contributed by atoms with van der Waals surface area (Å²) in [5.74, 6) is 0.101. The number of hydrogen-bond acceptors (Lipinski definition) is 3. The molecule has 1 aromatic rings. The van der Waals surface area contributed by atoms with E-state index in [4.69, 9.17) is 11.6 Å². The Hall–Kier alpha value is -0.710. The van der Waals surface area contributed by atoms with Gasteiger partial charge in [-0.15, -0.1) is 11.8 Å². The maximum Gasteiger partial charge on any atom is 0.233 e. The van der Waals surface area contributed by atoms with Gasteiger partial charge in [-0.25, -0.2) is 0 Å². The summed E-state index contributed by atoms with van der Waals surface area (Å²) in [6.07, 6.45) is 1.02. The zero-order chi connectivity index (χ0) is 13.0. The topological polar surface area (TPSA) is 41.1 Å². The molecule has 18 heavy (non-hydrogen) atoms. The van der Waals surface area contributed by atoms with Crippen LogP contribution in [0.4, 0.5) is 0 Å². The number of nitrogens with one attached hydrogen (secondary N) is 2. The summed E-state index contributed by atoms with van der Waals surface area (Å²) in [6.45, 7) is 3.80. The van der Waals surface area contributed by atoms with Crippen molar-refractivity contribution in [3.05, 3.63) is 29.3 Å². The van der Waals surface area contributed by atoms with Crippen molar-refractivity contribution in [2.24, 2.45) is 0 Å². The summed E-state index contributed by atoms with van der Waals surface area (Å²) in [4.78, 5) is 13.0. The van der Waals surface area contributed by atoms with Crippen LogP contribution in [0.2, 0.25) is 5.02 Å². The Kier molecular flexibility index (Phi) is 4.92. The van der Waals surface area contributed by atoms with Crippen molar-refractivity contribution >= 4 is 29.3 Å². The Bertz CT molecular complexity index is 404. The van der Waals surface area contributed by atoms with Crippen LogP contribution >= 0.6 is 23.4 Å². The fourth-order valence-corrected chi connectivity index (χ4v) is 2.87. The summed E-state index contributed by atoms with van der Waals surface area (Å²) < 4.78 is 0. The average Bonchev–Trinajstić information content (AvgIpc) is 2.85. The lowest BCUT2D eigenvalue weighted by Gasteiger charge is -2.15. The van der Waals surface area contributed by atoms with Crippen LogP contribution in [-0.2, 0) is 4.79 Å². The number of carbonyl (C=O) groups excluding carboxylic acids is 1. The lowest BCUT2D eigenvalue weighted by Crippen LogP contribution is -2.40. The van der Waals surface area contributed by atoms with Crippen molar-refractivity contribution in [3.8, 4) is 0 Å². The van der Waals surface area contributed by atoms with Gasteiger partial charge in [-0.05, 0) is 44.2 Å². The first kappa shape index (κ1) is 13.7. The molecule has 1 aliphatic heterocycles. The van der Waals surface area contributed by atoms with Gasteiger partial charge in [0.1, 0.15) is 0 Å². The van der Waals surface area contributed by atoms with Gasteiger partial charge >= 0.3 is 0 Å². The summed E-state index contributed by atoms with van der Waals surface area (Å²) in [7, 11) is 0. The van der Waals surface area contributed by atoms with Crippen LogP contribution < -0.4 is 10.6 Å². The SMILES string of the molecule is CC(Sc1ccc(Cl)cc1)C(=O)NC1CCNC1. The molecule has 0 aliphatic carbocycles. The lowest BCUT2D eigenvalue weighted by atomic mass is 10.2. The predicted molar refractivity (Wildman–Crippen MR) is 76.2 cm³/mol. The van der Waals surface area contributed by atoms with Crippen LogP contribution in [0, 0.1) is 0 Å². The molecular formula is C13H17ClN2OS. The largest absolute Gasteiger partial charge is 0.351 e. The van der Waals surface area contributed by atoms with Crippen molar-refractivity contribution in [1.82, 2.24) is 10.6 Å². The van der Waals surface area contributed by atoms with Crippen LogP contribution in [0.5, 0.6) is 0 Å². The maximum atomic E-state index is 12.0. The molecule has 2 atom stereocenters. The van der Waals surface area contributed by atoms with Crippen LogP contribution in [0.1, 0.15) is 13.3 Å². The van der Waals surface area contributed by atoms with E-state index in [1.54, 1.807) is 11.8 Å². The van der Waals surface area contributed by atoms with Crippen LogP contribution in [0.15, 0.2) is 29.2 Å². The van der Waals surface area contributed by atoms with E-state index in [0.29, 0.717) is 5.02 Å². The highest BCUT2D eigenvalue weighted by Crippen LogP contribution is 2.24. The number of carbonyl (C=O) groups is 1. The Morgan fingerprint density at radius 3 is 2.83 bits per heavy atom. The highest BCUT2D eigenvalue weighted by atomic mass is 35.5. The quantitative estimate of drug-likeness (QED) is 0.834. The fraction of sp³-hybridized carbons (Fsp3) is 0.462. The van der Waals surface area contributed by atoms with E-state index in [-0.39, 0.29) is 17.2 Å². The lowest BCUT2D eigenvalue weighted by molar-refractivity contribution is -0.120. The Morgan fingerprint density at radius 1 is 1.50 bits per heavy atom. The minimum atomic E-state index is -0.0909. The number of amides is 1. The summed E-state index contributed by atoms with van der Waals surface area (Å²) in [5, 5.41) is 6.92. The molecular weight excluding hydrogens is 268 g/mol. The predicted octanol–water partition coefficient (Wildman–Crippen LogP) is 2.30. The highest BCUT2D eigenvalue weighted by Gasteiger charge is 2.20. The minimum absolute atomic E-state index is 0.0909. The first-order chi connectivity index (χ1) is 8.65. The number of halogens is 1. The smallest absolute Gasteiger partial charge is 0.233 e. The molecule has 0 aromatic heterocycles. The number of hydrogen-bond donors (Lipinski definition) is 2. The molecule has 3 nitrogen and oxygen atoms in total. The molecule has 1 aliphatic rings. The second kappa shape index (κ2) is 6.45. The molecule has 0 saturated carbocycles. The summed E-state index contributed by atoms with van der Waals surface area (Å²) >= 11 is 7.38. The van der Waals surface area contributed by atoms with Gasteiger partial charge in [0.25, 0.3) is 0 Å². The molecule has 1 amide bonds. The standard InChI is InChI=1S/C13H17ClN2OS/c1-9(13(17)16-11-6-7-15-8-11)18-12-4-2-10(14)3-5-12/h2-5,9,11,15H,6-8H2,1H3,(H,16,17). The first-order valence-corrected chi connectivity index (χ1v) is 7.34. The third-order valence-corrected chi connectivity index (χ3v) is 4.27. The van der Waals surface area contributed by atoms with E-state index in [2.05, 4.69) is 10.6 Å². The van der Waals surface area contributed by atoms with Crippen molar-refractivity contribution in [3.63, 3.8) is 0 Å². The average molecular weight is 285 g/mol. The monoisotopic (exact) mass is 284 g/mol. The van der Waals surface area contributed by atoms with Crippen LogP contribution in [0.3, 0.4) is 0 Å². The van der Waals surface area contributed by atoms with Crippen molar-refractivity contribution in [1.29, 1.82) is 0 Å². The molecule has 98 valence electrons. The number of rotatable bonds is 4. The van der Waals surface area contributed by atoms with Crippen molar-refractivity contribution in [2.75, 3.05) is 13.1 Å². The minimum Gasteiger partial charge on any atom is -0.351 e. The van der Waals surface area contributed by atoms with Gasteiger partial charge < -0.3 is 10.6 Å². The van der Waals surface area contributed by atoms with E-state index in [1.165, 1.54) is 0 Å². The van der Waals surface area contributed by atoms with Gasteiger partial charge in [-0.1, -0.05) is 11.6 Å². The Morgan fingerprint density at radius 2 is 2.22 bits per heavy atom. The van der Waals surface area contributed by atoms with Gasteiger partial charge in [-0.2, -0.15) is 0 Å². The fourth-order valence-electron chi connectivity index (χ4n) is 1.87. The van der Waals surface area contributed by atoms with E-state index in [1.807, 2.05) is 31.2 Å². The van der Waals surface area contributed by atoms with E-state index in [0.717, 1.165) is 24.4 Å². The summed E-state index contributed by atoms with van der Waals surface area (Å²) in [5.41, 5.74) is 0. The van der Waals surface area contributed by atoms with Gasteiger partial charge in [0.05, 0.1) is 5.25 Å². The molecule has 2 unspecified atom stereocenters. The molecule has 0 bridgehead atoms. The van der Waals surface area contributed by atoms with Crippen LogP contribution in [-0.4, -0.2) is 30.3 Å². The number of thioether (sulfide) groups is 1. The Balaban J connectivity index is 1.84. The van der Waals surface area contributed by atoms with Gasteiger partial charge in [0.15, 0.2) is 0 Å². The second-order valence-electron chi connectivity index (χ2n) is 4.41. The molecule has 5 heteroatoms. The Labute approximate surface area is 117 Å². The van der Waals surface area contributed by atoms with Gasteiger partial charge in [-0.3, -0.25) is 4.79 Å². The molecule has 1 fully saturated rings. The molecule has 2 N–H and O–H groups in total. The van der Waals surface area contributed by atoms with E-state index >= 15 is 0 Å². The molecule has 1 heterocycles. The normalized spacial score (nSPS) is 20.7. The van der Waals surface area contributed by atoms with Crippen LogP contribution in [0.25, 0.3) is 0 Å². The van der Waals surface area contributed by atoms with Gasteiger partial charge in [0, 0.05) is 22.5 Å². The zero-order valence-corrected chi connectivity index (χ0v) is 11.9. The molecule has 0 spiro atoms. The zero-order valence-electron chi connectivity index (χ0n) is 10.3. The third kappa shape index (κ3) is 3.90. The molecule has 1 aromatic carbocycles. The molecule has 0 radical (unpaired) electrons. The summed E-state index contributed by atoms with van der Waals surface area (Å²) in [6, 6.07) is 7.85. The van der Waals surface area contributed by atoms with Crippen molar-refractivity contribution in [2.45, 2.75) is 29.5 Å². The first-order valence-electron chi connectivity index (χ1n) is 6.08. The van der Waals surface area contributed by atoms with Crippen molar-refractivity contribution < 1.29 is 4.79 Å². The number of benzene rings is 1. The highest BCUT2D eigenvalue weighted by molar-refractivity contribution is 8.00.